The van der Waals surface area contributed by atoms with Gasteiger partial charge in [0.15, 0.2) is 0 Å². The Bertz CT molecular complexity index is 405. The van der Waals surface area contributed by atoms with Gasteiger partial charge in [0.25, 0.3) is 0 Å². The van der Waals surface area contributed by atoms with Gasteiger partial charge in [0.1, 0.15) is 18.2 Å². The van der Waals surface area contributed by atoms with Gasteiger partial charge in [0, 0.05) is 11.6 Å². The highest BCUT2D eigenvalue weighted by atomic mass is 19.1. The van der Waals surface area contributed by atoms with Gasteiger partial charge in [-0.15, -0.1) is 0 Å². The van der Waals surface area contributed by atoms with Gasteiger partial charge in [-0.2, -0.15) is 0 Å². The van der Waals surface area contributed by atoms with E-state index >= 15 is 0 Å². The van der Waals surface area contributed by atoms with Crippen molar-refractivity contribution in [2.45, 2.75) is 6.04 Å². The number of carbonyl (C=O) groups is 1. The Morgan fingerprint density at radius 2 is 2.36 bits per heavy atom. The largest absolute Gasteiger partial charge is 0.491 e. The third-order valence-corrected chi connectivity index (χ3v) is 2.15. The number of ether oxygens (including phenoxy) is 1. The quantitative estimate of drug-likeness (QED) is 0.702. The summed E-state index contributed by atoms with van der Waals surface area (Å²) in [6, 6.07) is 1.92. The molecule has 1 aromatic carbocycles. The molecule has 1 aliphatic rings. The second-order valence-corrected chi connectivity index (χ2v) is 3.09. The molecule has 1 aliphatic heterocycles. The highest BCUT2D eigenvalue weighted by Gasteiger charge is 2.24. The maximum absolute atomic E-state index is 13.1. The number of halogens is 1. The van der Waals surface area contributed by atoms with Crippen LogP contribution >= 0.6 is 0 Å². The van der Waals surface area contributed by atoms with E-state index in [0.717, 1.165) is 6.07 Å². The first-order valence-electron chi connectivity index (χ1n) is 4.04. The lowest BCUT2D eigenvalue weighted by atomic mass is 10.1. The molecular formula is C9H8FNO3. The fourth-order valence-electron chi connectivity index (χ4n) is 1.42. The number of nitrogens with two attached hydrogens (primary N) is 1. The fourth-order valence-corrected chi connectivity index (χ4v) is 1.42. The average Bonchev–Trinajstić information content (AvgIpc) is 2.46. The molecule has 3 N–H and O–H groups in total. The van der Waals surface area contributed by atoms with E-state index < -0.39 is 11.8 Å². The molecule has 0 radical (unpaired) electrons. The molecule has 0 spiro atoms. The van der Waals surface area contributed by atoms with Crippen LogP contribution in [0.5, 0.6) is 5.75 Å². The van der Waals surface area contributed by atoms with Crippen LogP contribution in [-0.4, -0.2) is 17.7 Å². The smallest absolute Gasteiger partial charge is 0.338 e. The van der Waals surface area contributed by atoms with Crippen LogP contribution in [0.3, 0.4) is 0 Å². The van der Waals surface area contributed by atoms with Gasteiger partial charge in [-0.3, -0.25) is 0 Å². The summed E-state index contributed by atoms with van der Waals surface area (Å²) in [5.41, 5.74) is 5.80. The lowest BCUT2D eigenvalue weighted by Gasteiger charge is -2.03. The zero-order valence-electron chi connectivity index (χ0n) is 7.16. The van der Waals surface area contributed by atoms with Crippen molar-refractivity contribution in [2.75, 3.05) is 6.61 Å². The van der Waals surface area contributed by atoms with Gasteiger partial charge in [0.05, 0.1) is 11.6 Å². The number of hydrogen-bond donors (Lipinski definition) is 2. The van der Waals surface area contributed by atoms with Crippen LogP contribution in [0.1, 0.15) is 22.0 Å². The molecule has 14 heavy (non-hydrogen) atoms. The average molecular weight is 197 g/mol. The summed E-state index contributed by atoms with van der Waals surface area (Å²) in [4.78, 5) is 10.6. The molecule has 1 aromatic rings. The number of carboxylic acid groups (broad SMARTS) is 1. The summed E-state index contributed by atoms with van der Waals surface area (Å²) in [6.45, 7) is 0.262. The van der Waals surface area contributed by atoms with Crippen molar-refractivity contribution in [3.63, 3.8) is 0 Å². The van der Waals surface area contributed by atoms with Crippen LogP contribution in [0.2, 0.25) is 0 Å². The summed E-state index contributed by atoms with van der Waals surface area (Å²) in [5.74, 6) is -1.77. The molecule has 0 bridgehead atoms. The van der Waals surface area contributed by atoms with Crippen molar-refractivity contribution in [1.82, 2.24) is 0 Å². The molecule has 0 fully saturated rings. The maximum atomic E-state index is 13.1. The molecule has 0 unspecified atom stereocenters. The van der Waals surface area contributed by atoms with Gasteiger partial charge >= 0.3 is 5.97 Å². The summed E-state index contributed by atoms with van der Waals surface area (Å²) in [5, 5.41) is 8.66. The summed E-state index contributed by atoms with van der Waals surface area (Å²) < 4.78 is 18.2. The number of rotatable bonds is 1. The zero-order chi connectivity index (χ0) is 10.3. The predicted octanol–water partition coefficient (Wildman–Crippen LogP) is 0.916. The molecule has 0 amide bonds. The van der Waals surface area contributed by atoms with E-state index in [1.54, 1.807) is 0 Å². The van der Waals surface area contributed by atoms with Crippen LogP contribution < -0.4 is 10.5 Å². The van der Waals surface area contributed by atoms with Crippen molar-refractivity contribution in [3.8, 4) is 5.75 Å². The maximum Gasteiger partial charge on any atom is 0.338 e. The Labute approximate surface area is 79.1 Å². The lowest BCUT2D eigenvalue weighted by Crippen LogP contribution is -2.11. The molecule has 1 atom stereocenters. The van der Waals surface area contributed by atoms with E-state index in [4.69, 9.17) is 15.6 Å². The van der Waals surface area contributed by atoms with E-state index in [9.17, 15) is 9.18 Å². The third kappa shape index (κ3) is 1.22. The predicted molar refractivity (Wildman–Crippen MR) is 45.8 cm³/mol. The molecule has 5 heteroatoms. The standard InChI is InChI=1S/C9H8FNO3/c10-6-2-8-5(7(11)3-14-8)1-4(6)9(12)13/h1-2,7H,3,11H2,(H,12,13)/t7-/m0/s1. The first-order chi connectivity index (χ1) is 6.59. The second kappa shape index (κ2) is 2.95. The van der Waals surface area contributed by atoms with E-state index in [0.29, 0.717) is 11.3 Å². The molecule has 2 rings (SSSR count). The van der Waals surface area contributed by atoms with Crippen LogP contribution in [0, 0.1) is 5.82 Å². The SMILES string of the molecule is N[C@H]1COc2cc(F)c(C(=O)O)cc21. The van der Waals surface area contributed by atoms with E-state index in [-0.39, 0.29) is 18.2 Å². The van der Waals surface area contributed by atoms with Gasteiger partial charge in [-0.25, -0.2) is 9.18 Å². The molecule has 0 saturated carbocycles. The fraction of sp³-hybridized carbons (Fsp3) is 0.222. The van der Waals surface area contributed by atoms with Gasteiger partial charge in [-0.05, 0) is 6.07 Å². The van der Waals surface area contributed by atoms with Crippen LogP contribution in [0.4, 0.5) is 4.39 Å². The molecule has 0 aromatic heterocycles. The summed E-state index contributed by atoms with van der Waals surface area (Å²) in [7, 11) is 0. The number of carboxylic acids is 1. The highest BCUT2D eigenvalue weighted by molar-refractivity contribution is 5.88. The number of benzene rings is 1. The molecule has 1 heterocycles. The molecular weight excluding hydrogens is 189 g/mol. The third-order valence-electron chi connectivity index (χ3n) is 2.15. The van der Waals surface area contributed by atoms with E-state index in [1.807, 2.05) is 0 Å². The molecule has 4 nitrogen and oxygen atoms in total. The van der Waals surface area contributed by atoms with Crippen molar-refractivity contribution in [2.24, 2.45) is 5.73 Å². The Hall–Kier alpha value is -1.62. The Morgan fingerprint density at radius 1 is 1.64 bits per heavy atom. The van der Waals surface area contributed by atoms with Crippen molar-refractivity contribution in [1.29, 1.82) is 0 Å². The first-order valence-corrected chi connectivity index (χ1v) is 4.04. The van der Waals surface area contributed by atoms with Crippen LogP contribution in [-0.2, 0) is 0 Å². The van der Waals surface area contributed by atoms with E-state index in [2.05, 4.69) is 0 Å². The lowest BCUT2D eigenvalue weighted by molar-refractivity contribution is 0.0692. The van der Waals surface area contributed by atoms with Crippen molar-refractivity contribution in [3.05, 3.63) is 29.1 Å². The summed E-state index contributed by atoms with van der Waals surface area (Å²) >= 11 is 0. The Kier molecular flexibility index (Phi) is 1.89. The minimum Gasteiger partial charge on any atom is -0.491 e. The van der Waals surface area contributed by atoms with Gasteiger partial charge in [-0.1, -0.05) is 0 Å². The molecule has 74 valence electrons. The number of hydrogen-bond acceptors (Lipinski definition) is 3. The zero-order valence-corrected chi connectivity index (χ0v) is 7.16. The normalized spacial score (nSPS) is 18.9. The first kappa shape index (κ1) is 8.96. The van der Waals surface area contributed by atoms with Gasteiger partial charge in [0.2, 0.25) is 0 Å². The second-order valence-electron chi connectivity index (χ2n) is 3.09. The summed E-state index contributed by atoms with van der Waals surface area (Å²) in [6.07, 6.45) is 0. The van der Waals surface area contributed by atoms with Crippen molar-refractivity contribution < 1.29 is 19.0 Å². The molecule has 0 aliphatic carbocycles. The monoisotopic (exact) mass is 197 g/mol. The highest BCUT2D eigenvalue weighted by Crippen LogP contribution is 2.32. The minimum atomic E-state index is -1.30. The molecule has 0 saturated heterocycles. The Morgan fingerprint density at radius 3 is 3.00 bits per heavy atom. The topological polar surface area (TPSA) is 72.5 Å². The number of aromatic carboxylic acids is 1. The number of fused-ring (bicyclic) bond motifs is 1. The minimum absolute atomic E-state index is 0.262. The van der Waals surface area contributed by atoms with Gasteiger partial charge < -0.3 is 15.6 Å². The van der Waals surface area contributed by atoms with Crippen molar-refractivity contribution >= 4 is 5.97 Å². The Balaban J connectivity index is 2.57. The van der Waals surface area contributed by atoms with E-state index in [1.165, 1.54) is 6.07 Å². The van der Waals surface area contributed by atoms with Crippen LogP contribution in [0.25, 0.3) is 0 Å². The van der Waals surface area contributed by atoms with Crippen LogP contribution in [0.15, 0.2) is 12.1 Å².